The lowest BCUT2D eigenvalue weighted by Gasteiger charge is -2.39. The molecule has 0 spiro atoms. The van der Waals surface area contributed by atoms with Crippen molar-refractivity contribution in [3.05, 3.63) is 34.1 Å². The van der Waals surface area contributed by atoms with Gasteiger partial charge in [0.25, 0.3) is 0 Å². The van der Waals surface area contributed by atoms with Crippen LogP contribution in [0.25, 0.3) is 0 Å². The molecule has 0 saturated carbocycles. The Morgan fingerprint density at radius 1 is 1.53 bits per heavy atom. The third-order valence-electron chi connectivity index (χ3n) is 3.61. The van der Waals surface area contributed by atoms with Crippen molar-refractivity contribution in [1.29, 1.82) is 0 Å². The van der Waals surface area contributed by atoms with E-state index in [9.17, 15) is 14.5 Å². The van der Waals surface area contributed by atoms with Crippen molar-refractivity contribution in [3.8, 4) is 0 Å². The molecule has 1 aliphatic rings. The van der Waals surface area contributed by atoms with Gasteiger partial charge < -0.3 is 10.6 Å². The highest BCUT2D eigenvalue weighted by atomic mass is 19.1. The van der Waals surface area contributed by atoms with Crippen molar-refractivity contribution in [2.45, 2.75) is 38.3 Å². The van der Waals surface area contributed by atoms with Gasteiger partial charge in [-0.3, -0.25) is 10.1 Å². The summed E-state index contributed by atoms with van der Waals surface area (Å²) in [5.41, 5.74) is 5.84. The third-order valence-corrected chi connectivity index (χ3v) is 3.61. The quantitative estimate of drug-likeness (QED) is 0.674. The van der Waals surface area contributed by atoms with Crippen LogP contribution in [-0.2, 0) is 0 Å². The second kappa shape index (κ2) is 5.52. The van der Waals surface area contributed by atoms with Gasteiger partial charge in [-0.05, 0) is 38.3 Å². The van der Waals surface area contributed by atoms with Crippen LogP contribution in [0.1, 0.15) is 26.2 Å². The Kier molecular flexibility index (Phi) is 3.99. The zero-order chi connectivity index (χ0) is 14.0. The van der Waals surface area contributed by atoms with Crippen LogP contribution < -0.4 is 10.6 Å². The van der Waals surface area contributed by atoms with E-state index in [0.717, 1.165) is 25.3 Å². The molecule has 1 fully saturated rings. The fraction of sp³-hybridized carbons (Fsp3) is 0.538. The number of piperidine rings is 1. The van der Waals surface area contributed by atoms with Gasteiger partial charge in [-0.25, -0.2) is 0 Å². The average molecular weight is 267 g/mol. The summed E-state index contributed by atoms with van der Waals surface area (Å²) in [7, 11) is 0. The fourth-order valence-electron chi connectivity index (χ4n) is 2.72. The lowest BCUT2D eigenvalue weighted by atomic mass is 9.96. The molecule has 19 heavy (non-hydrogen) atoms. The predicted molar refractivity (Wildman–Crippen MR) is 71.7 cm³/mol. The minimum Gasteiger partial charge on any atom is -0.361 e. The molecule has 1 aromatic carbocycles. The zero-order valence-corrected chi connectivity index (χ0v) is 10.9. The minimum absolute atomic E-state index is 0.0225. The number of rotatable bonds is 3. The molecule has 1 aromatic rings. The van der Waals surface area contributed by atoms with Gasteiger partial charge in [0.1, 0.15) is 5.69 Å². The summed E-state index contributed by atoms with van der Waals surface area (Å²) >= 11 is 0. The van der Waals surface area contributed by atoms with Crippen molar-refractivity contribution >= 4 is 11.4 Å². The molecule has 0 aromatic heterocycles. The Labute approximate surface area is 111 Å². The highest BCUT2D eigenvalue weighted by Gasteiger charge is 2.31. The van der Waals surface area contributed by atoms with E-state index in [1.54, 1.807) is 6.07 Å². The summed E-state index contributed by atoms with van der Waals surface area (Å²) in [6, 6.07) is 4.14. The van der Waals surface area contributed by atoms with Crippen LogP contribution >= 0.6 is 0 Å². The summed E-state index contributed by atoms with van der Waals surface area (Å²) in [5, 5.41) is 11.1. The molecule has 1 heterocycles. The number of halogens is 1. The smallest absolute Gasteiger partial charge is 0.327 e. The Balaban J connectivity index is 2.44. The van der Waals surface area contributed by atoms with Crippen LogP contribution in [0.3, 0.4) is 0 Å². The highest BCUT2D eigenvalue weighted by Crippen LogP contribution is 2.35. The Hall–Kier alpha value is -1.69. The van der Waals surface area contributed by atoms with E-state index in [4.69, 9.17) is 5.73 Å². The highest BCUT2D eigenvalue weighted by molar-refractivity contribution is 5.64. The molecule has 2 rings (SSSR count). The van der Waals surface area contributed by atoms with E-state index in [2.05, 4.69) is 0 Å². The number of hydrogen-bond acceptors (Lipinski definition) is 4. The third kappa shape index (κ3) is 2.68. The van der Waals surface area contributed by atoms with E-state index < -0.39 is 16.4 Å². The van der Waals surface area contributed by atoms with E-state index in [0.29, 0.717) is 12.2 Å². The van der Waals surface area contributed by atoms with E-state index >= 15 is 0 Å². The first-order chi connectivity index (χ1) is 9.02. The van der Waals surface area contributed by atoms with Gasteiger partial charge in [0.2, 0.25) is 5.82 Å². The van der Waals surface area contributed by atoms with Crippen LogP contribution in [-0.4, -0.2) is 23.6 Å². The number of nitro groups is 1. The van der Waals surface area contributed by atoms with Gasteiger partial charge >= 0.3 is 5.69 Å². The maximum Gasteiger partial charge on any atom is 0.327 e. The van der Waals surface area contributed by atoms with E-state index in [1.165, 1.54) is 6.07 Å². The van der Waals surface area contributed by atoms with Crippen LogP contribution in [0.2, 0.25) is 0 Å². The monoisotopic (exact) mass is 267 g/mol. The van der Waals surface area contributed by atoms with Crippen LogP contribution in [0.5, 0.6) is 0 Å². The predicted octanol–water partition coefficient (Wildman–Crippen LogP) is 2.44. The average Bonchev–Trinajstić information content (AvgIpc) is 2.37. The Morgan fingerprint density at radius 3 is 2.89 bits per heavy atom. The van der Waals surface area contributed by atoms with Gasteiger partial charge in [-0.1, -0.05) is 6.07 Å². The number of para-hydroxylation sites is 1. The van der Waals surface area contributed by atoms with Crippen molar-refractivity contribution < 1.29 is 9.31 Å². The number of anilines is 1. The Morgan fingerprint density at radius 2 is 2.26 bits per heavy atom. The zero-order valence-electron chi connectivity index (χ0n) is 10.9. The molecule has 0 radical (unpaired) electrons. The van der Waals surface area contributed by atoms with Crippen molar-refractivity contribution in [2.75, 3.05) is 11.4 Å². The molecule has 2 unspecified atom stereocenters. The standard InChI is InChI=1S/C13H18FN3O2/c1-9(15)11-6-2-3-8-16(11)12-7-4-5-10(14)13(12)17(18)19/h4-5,7,9,11H,2-3,6,8,15H2,1H3. The van der Waals surface area contributed by atoms with E-state index in [1.807, 2.05) is 11.8 Å². The molecule has 6 heteroatoms. The largest absolute Gasteiger partial charge is 0.361 e. The van der Waals surface area contributed by atoms with Crippen LogP contribution in [0.15, 0.2) is 18.2 Å². The minimum atomic E-state index is -0.795. The first kappa shape index (κ1) is 13.7. The second-order valence-electron chi connectivity index (χ2n) is 4.98. The maximum absolute atomic E-state index is 13.7. The summed E-state index contributed by atoms with van der Waals surface area (Å²) in [5.74, 6) is -0.795. The first-order valence-corrected chi connectivity index (χ1v) is 6.47. The molecule has 1 saturated heterocycles. The SMILES string of the molecule is CC(N)C1CCCCN1c1cccc(F)c1[N+](=O)[O-]. The second-order valence-corrected chi connectivity index (χ2v) is 4.98. The number of nitro benzene ring substituents is 1. The van der Waals surface area contributed by atoms with E-state index in [-0.39, 0.29) is 12.1 Å². The topological polar surface area (TPSA) is 72.4 Å². The fourth-order valence-corrected chi connectivity index (χ4v) is 2.72. The van der Waals surface area contributed by atoms with Crippen molar-refractivity contribution in [2.24, 2.45) is 5.73 Å². The van der Waals surface area contributed by atoms with Gasteiger partial charge in [0, 0.05) is 18.6 Å². The number of nitrogens with two attached hydrogens (primary N) is 1. The lowest BCUT2D eigenvalue weighted by molar-refractivity contribution is -0.386. The summed E-state index contributed by atoms with van der Waals surface area (Å²) in [4.78, 5) is 12.3. The molecule has 2 N–H and O–H groups in total. The van der Waals surface area contributed by atoms with Gasteiger partial charge in [0.15, 0.2) is 0 Å². The lowest BCUT2D eigenvalue weighted by Crippen LogP contribution is -2.49. The van der Waals surface area contributed by atoms with Gasteiger partial charge in [-0.2, -0.15) is 4.39 Å². The normalized spacial score (nSPS) is 21.2. The van der Waals surface area contributed by atoms with Gasteiger partial charge in [-0.15, -0.1) is 0 Å². The summed E-state index contributed by atoms with van der Waals surface area (Å²) < 4.78 is 13.7. The van der Waals surface area contributed by atoms with Crippen LogP contribution in [0.4, 0.5) is 15.8 Å². The summed E-state index contributed by atoms with van der Waals surface area (Å²) in [6.45, 7) is 2.56. The molecule has 0 amide bonds. The molecule has 0 aliphatic carbocycles. The molecule has 0 bridgehead atoms. The Bertz CT molecular complexity index is 479. The van der Waals surface area contributed by atoms with Gasteiger partial charge in [0.05, 0.1) is 4.92 Å². The van der Waals surface area contributed by atoms with Crippen LogP contribution in [0, 0.1) is 15.9 Å². The molecule has 1 aliphatic heterocycles. The molecule has 104 valence electrons. The molecular formula is C13H18FN3O2. The first-order valence-electron chi connectivity index (χ1n) is 6.47. The molecule has 2 atom stereocenters. The summed E-state index contributed by atoms with van der Waals surface area (Å²) in [6.07, 6.45) is 2.87. The molecule has 5 nitrogen and oxygen atoms in total. The number of nitrogens with zero attached hydrogens (tertiary/aromatic N) is 2. The number of hydrogen-bond donors (Lipinski definition) is 1. The molecular weight excluding hydrogens is 249 g/mol. The van der Waals surface area contributed by atoms with Crippen molar-refractivity contribution in [3.63, 3.8) is 0 Å². The number of benzene rings is 1. The van der Waals surface area contributed by atoms with Crippen molar-refractivity contribution in [1.82, 2.24) is 0 Å². The maximum atomic E-state index is 13.7.